The van der Waals surface area contributed by atoms with Crippen molar-refractivity contribution in [2.24, 2.45) is 5.92 Å². The van der Waals surface area contributed by atoms with Crippen molar-refractivity contribution in [2.75, 3.05) is 10.6 Å². The van der Waals surface area contributed by atoms with E-state index in [9.17, 15) is 9.59 Å². The molecule has 1 aliphatic rings. The van der Waals surface area contributed by atoms with Gasteiger partial charge >= 0.3 is 0 Å². The van der Waals surface area contributed by atoms with Gasteiger partial charge in [-0.15, -0.1) is 0 Å². The first kappa shape index (κ1) is 16.3. The number of anilines is 2. The fraction of sp³-hybridized carbons (Fsp3) is 0.529. The topological polar surface area (TPSA) is 70.2 Å². The molecule has 22 heavy (non-hydrogen) atoms. The first-order chi connectivity index (χ1) is 10.2. The Morgan fingerprint density at radius 3 is 2.41 bits per heavy atom. The van der Waals surface area contributed by atoms with Crippen LogP contribution in [0.5, 0.6) is 0 Å². The minimum atomic E-state index is -0.353. The molecule has 5 heteroatoms. The molecule has 2 rings (SSSR count). The summed E-state index contributed by atoms with van der Waals surface area (Å²) < 4.78 is 0. The number of hydrogen-bond acceptors (Lipinski definition) is 3. The minimum absolute atomic E-state index is 0.0556. The zero-order valence-electron chi connectivity index (χ0n) is 13.7. The lowest BCUT2D eigenvalue weighted by Gasteiger charge is -2.24. The molecule has 1 aromatic carbocycles. The highest BCUT2D eigenvalue weighted by molar-refractivity contribution is 5.94. The third-order valence-electron chi connectivity index (χ3n) is 3.35. The number of benzene rings is 1. The van der Waals surface area contributed by atoms with Crippen molar-refractivity contribution in [3.63, 3.8) is 0 Å². The zero-order chi connectivity index (χ0) is 16.3. The monoisotopic (exact) mass is 303 g/mol. The van der Waals surface area contributed by atoms with Crippen LogP contribution in [0.3, 0.4) is 0 Å². The van der Waals surface area contributed by atoms with Crippen LogP contribution in [-0.4, -0.2) is 23.4 Å². The van der Waals surface area contributed by atoms with Crippen LogP contribution in [0.1, 0.15) is 40.5 Å². The van der Waals surface area contributed by atoms with Gasteiger partial charge in [-0.05, 0) is 58.7 Å². The molecule has 3 N–H and O–H groups in total. The fourth-order valence-electron chi connectivity index (χ4n) is 2.07. The van der Waals surface area contributed by atoms with E-state index in [2.05, 4.69) is 16.0 Å². The van der Waals surface area contributed by atoms with Crippen molar-refractivity contribution in [1.29, 1.82) is 0 Å². The molecule has 0 unspecified atom stereocenters. The maximum atomic E-state index is 12.1. The van der Waals surface area contributed by atoms with E-state index in [1.165, 1.54) is 0 Å². The number of hydrogen-bond donors (Lipinski definition) is 3. The molecule has 5 nitrogen and oxygen atoms in total. The van der Waals surface area contributed by atoms with Crippen LogP contribution in [-0.2, 0) is 9.59 Å². The van der Waals surface area contributed by atoms with Crippen LogP contribution in [0, 0.1) is 5.92 Å². The highest BCUT2D eigenvalue weighted by Gasteiger charge is 2.29. The van der Waals surface area contributed by atoms with E-state index >= 15 is 0 Å². The van der Waals surface area contributed by atoms with Crippen molar-refractivity contribution >= 4 is 23.2 Å². The Balaban J connectivity index is 1.94. The maximum absolute atomic E-state index is 12.1. The van der Waals surface area contributed by atoms with Crippen LogP contribution >= 0.6 is 0 Å². The average Bonchev–Trinajstić information content (AvgIpc) is 3.21. The Morgan fingerprint density at radius 1 is 1.18 bits per heavy atom. The van der Waals surface area contributed by atoms with Gasteiger partial charge in [0.15, 0.2) is 0 Å². The van der Waals surface area contributed by atoms with Crippen LogP contribution in [0.2, 0.25) is 0 Å². The molecule has 1 atom stereocenters. The highest BCUT2D eigenvalue weighted by Crippen LogP contribution is 2.30. The molecule has 120 valence electrons. The molecule has 2 amide bonds. The Kier molecular flexibility index (Phi) is 4.74. The lowest BCUT2D eigenvalue weighted by molar-refractivity contribution is -0.123. The van der Waals surface area contributed by atoms with E-state index in [1.807, 2.05) is 52.0 Å². The van der Waals surface area contributed by atoms with Gasteiger partial charge in [0.25, 0.3) is 0 Å². The molecule has 0 aromatic heterocycles. The second kappa shape index (κ2) is 6.38. The number of carbonyl (C=O) groups excluding carboxylic acids is 2. The molecule has 0 radical (unpaired) electrons. The molecule has 1 aliphatic carbocycles. The third-order valence-corrected chi connectivity index (χ3v) is 3.35. The third kappa shape index (κ3) is 5.06. The Hall–Kier alpha value is -2.04. The molecule has 1 aromatic rings. The van der Waals surface area contributed by atoms with E-state index in [0.29, 0.717) is 0 Å². The van der Waals surface area contributed by atoms with Gasteiger partial charge in [-0.25, -0.2) is 0 Å². The predicted molar refractivity (Wildman–Crippen MR) is 88.8 cm³/mol. The van der Waals surface area contributed by atoms with Gasteiger partial charge in [-0.3, -0.25) is 9.59 Å². The van der Waals surface area contributed by atoms with Gasteiger partial charge in [0.2, 0.25) is 11.8 Å². The molecule has 1 fully saturated rings. The minimum Gasteiger partial charge on any atom is -0.374 e. The smallest absolute Gasteiger partial charge is 0.242 e. The molecule has 0 saturated heterocycles. The van der Waals surface area contributed by atoms with E-state index in [4.69, 9.17) is 0 Å². The van der Waals surface area contributed by atoms with Crippen molar-refractivity contribution in [1.82, 2.24) is 5.32 Å². The molecule has 0 bridgehead atoms. The maximum Gasteiger partial charge on any atom is 0.242 e. The van der Waals surface area contributed by atoms with Crippen LogP contribution in [0.15, 0.2) is 24.3 Å². The highest BCUT2D eigenvalue weighted by atomic mass is 16.2. The summed E-state index contributed by atoms with van der Waals surface area (Å²) in [5, 5.41) is 9.00. The van der Waals surface area contributed by atoms with Gasteiger partial charge in [0.05, 0.1) is 0 Å². The molecule has 0 heterocycles. The van der Waals surface area contributed by atoms with E-state index in [-0.39, 0.29) is 29.3 Å². The van der Waals surface area contributed by atoms with Crippen molar-refractivity contribution in [3.8, 4) is 0 Å². The normalized spacial score (nSPS) is 15.8. The van der Waals surface area contributed by atoms with Crippen LogP contribution in [0.4, 0.5) is 11.4 Å². The summed E-state index contributed by atoms with van der Waals surface area (Å²) in [6.07, 6.45) is 1.96. The average molecular weight is 303 g/mol. The summed E-state index contributed by atoms with van der Waals surface area (Å²) in [5.41, 5.74) is 1.31. The first-order valence-electron chi connectivity index (χ1n) is 7.74. The summed E-state index contributed by atoms with van der Waals surface area (Å²) in [5.74, 6) is 0.198. The first-order valence-corrected chi connectivity index (χ1v) is 7.74. The summed E-state index contributed by atoms with van der Waals surface area (Å²) >= 11 is 0. The predicted octanol–water partition coefficient (Wildman–Crippen LogP) is 2.75. The van der Waals surface area contributed by atoms with E-state index in [1.54, 1.807) is 0 Å². The lowest BCUT2D eigenvalue weighted by Crippen LogP contribution is -2.47. The summed E-state index contributed by atoms with van der Waals surface area (Å²) in [6.45, 7) is 7.67. The van der Waals surface area contributed by atoms with E-state index < -0.39 is 0 Å². The SMILES string of the molecule is C[C@@H](Nc1cccc(NC(=O)C2CC2)c1)C(=O)NC(C)(C)C. The quantitative estimate of drug-likeness (QED) is 0.783. The number of rotatable bonds is 5. The molecule has 1 saturated carbocycles. The number of amides is 2. The standard InChI is InChI=1S/C17H25N3O2/c1-11(15(21)20-17(2,3)4)18-13-6-5-7-14(10-13)19-16(22)12-8-9-12/h5-7,10-12,18H,8-9H2,1-4H3,(H,19,22)(H,20,21)/t11-/m1/s1. The summed E-state index contributed by atoms with van der Waals surface area (Å²) in [4.78, 5) is 23.9. The van der Waals surface area contributed by atoms with Gasteiger partial charge < -0.3 is 16.0 Å². The molecular formula is C17H25N3O2. The van der Waals surface area contributed by atoms with Crippen molar-refractivity contribution < 1.29 is 9.59 Å². The summed E-state index contributed by atoms with van der Waals surface area (Å²) in [6, 6.07) is 7.09. The number of nitrogens with one attached hydrogen (secondary N) is 3. The second-order valence-electron chi connectivity index (χ2n) is 6.95. The molecule has 0 spiro atoms. The van der Waals surface area contributed by atoms with E-state index in [0.717, 1.165) is 24.2 Å². The van der Waals surface area contributed by atoms with Gasteiger partial charge in [0, 0.05) is 22.8 Å². The van der Waals surface area contributed by atoms with Crippen LogP contribution < -0.4 is 16.0 Å². The largest absolute Gasteiger partial charge is 0.374 e. The number of carbonyl (C=O) groups is 2. The zero-order valence-corrected chi connectivity index (χ0v) is 13.7. The second-order valence-corrected chi connectivity index (χ2v) is 6.95. The molecular weight excluding hydrogens is 278 g/mol. The Morgan fingerprint density at radius 2 is 1.82 bits per heavy atom. The molecule has 0 aliphatic heterocycles. The Labute approximate surface area is 131 Å². The lowest BCUT2D eigenvalue weighted by atomic mass is 10.1. The van der Waals surface area contributed by atoms with Gasteiger partial charge in [-0.2, -0.15) is 0 Å². The summed E-state index contributed by atoms with van der Waals surface area (Å²) in [7, 11) is 0. The van der Waals surface area contributed by atoms with Crippen molar-refractivity contribution in [3.05, 3.63) is 24.3 Å². The fourth-order valence-corrected chi connectivity index (χ4v) is 2.07. The van der Waals surface area contributed by atoms with Crippen LogP contribution in [0.25, 0.3) is 0 Å². The van der Waals surface area contributed by atoms with Crippen molar-refractivity contribution in [2.45, 2.75) is 52.1 Å². The van der Waals surface area contributed by atoms with Gasteiger partial charge in [-0.1, -0.05) is 6.07 Å². The van der Waals surface area contributed by atoms with Gasteiger partial charge in [0.1, 0.15) is 6.04 Å². The Bertz CT molecular complexity index is 559.